The number of unbranched alkanes of at least 4 members (excludes halogenated alkanes) is 12. The van der Waals surface area contributed by atoms with Gasteiger partial charge in [-0.15, -0.1) is 0 Å². The average Bonchev–Trinajstić information content (AvgIpc) is 3.21. The van der Waals surface area contributed by atoms with E-state index in [0.29, 0.717) is 17.4 Å². The van der Waals surface area contributed by atoms with Gasteiger partial charge in [0, 0.05) is 6.42 Å². The smallest absolute Gasteiger partial charge is 0.387 e. The Morgan fingerprint density at radius 3 is 1.43 bits per heavy atom. The van der Waals surface area contributed by atoms with Crippen molar-refractivity contribution in [2.75, 3.05) is 40.9 Å². The first-order chi connectivity index (χ1) is 29.5. The summed E-state index contributed by atoms with van der Waals surface area (Å²) in [4.78, 5) is 22.9. The molecule has 0 aliphatic heterocycles. The monoisotopic (exact) mass is 870 g/mol. The van der Waals surface area contributed by atoms with Crippen LogP contribution in [0.15, 0.2) is 109 Å². The van der Waals surface area contributed by atoms with Gasteiger partial charge in [-0.1, -0.05) is 187 Å². The fraction of sp³-hybridized carbons (Fsp3) is 0.635. The number of nitrogens with zero attached hydrogens (tertiary/aromatic N) is 1. The number of nitrogens with one attached hydrogen (secondary N) is 1. The highest BCUT2D eigenvalue weighted by Crippen LogP contribution is 2.43. The van der Waals surface area contributed by atoms with E-state index in [1.165, 1.54) is 44.9 Å². The molecule has 0 heterocycles. The van der Waals surface area contributed by atoms with Crippen LogP contribution in [0.3, 0.4) is 0 Å². The number of phosphoric acid groups is 1. The molecule has 0 aromatic heterocycles. The first-order valence-electron chi connectivity index (χ1n) is 23.8. The second kappa shape index (κ2) is 42.5. The predicted molar refractivity (Wildman–Crippen MR) is 262 cm³/mol. The largest absolute Gasteiger partial charge is 0.472 e. The number of hydrogen-bond donors (Lipinski definition) is 3. The van der Waals surface area contributed by atoms with E-state index < -0.39 is 20.0 Å². The number of allylic oxidation sites excluding steroid dienone is 17. The number of likely N-dealkylation sites (N-methyl/N-ethyl adjacent to an activating group) is 1. The molecule has 0 bridgehead atoms. The molecule has 348 valence electrons. The van der Waals surface area contributed by atoms with Crippen LogP contribution >= 0.6 is 7.82 Å². The van der Waals surface area contributed by atoms with Crippen molar-refractivity contribution in [3.05, 3.63) is 109 Å². The number of carbonyl (C=O) groups is 1. The van der Waals surface area contributed by atoms with Crippen LogP contribution in [0.5, 0.6) is 0 Å². The lowest BCUT2D eigenvalue weighted by molar-refractivity contribution is -0.870. The molecule has 9 heteroatoms. The molecule has 0 aromatic carbocycles. The Labute approximate surface area is 374 Å². The van der Waals surface area contributed by atoms with Crippen LogP contribution in [0, 0.1) is 0 Å². The second-order valence-electron chi connectivity index (χ2n) is 16.8. The highest BCUT2D eigenvalue weighted by atomic mass is 31.2. The molecule has 61 heavy (non-hydrogen) atoms. The molecule has 8 nitrogen and oxygen atoms in total. The van der Waals surface area contributed by atoms with Crippen molar-refractivity contribution in [2.24, 2.45) is 0 Å². The van der Waals surface area contributed by atoms with Crippen LogP contribution in [-0.2, 0) is 18.4 Å². The summed E-state index contributed by atoms with van der Waals surface area (Å²) in [5.41, 5.74) is 0. The molecular formula is C52H90N2O6P+. The predicted octanol–water partition coefficient (Wildman–Crippen LogP) is 13.7. The molecule has 0 fully saturated rings. The van der Waals surface area contributed by atoms with Crippen molar-refractivity contribution in [3.63, 3.8) is 0 Å². The van der Waals surface area contributed by atoms with Crippen molar-refractivity contribution >= 4 is 13.7 Å². The summed E-state index contributed by atoms with van der Waals surface area (Å²) in [7, 11) is 1.54. The zero-order chi connectivity index (χ0) is 45.0. The van der Waals surface area contributed by atoms with Crippen LogP contribution in [0.2, 0.25) is 0 Å². The van der Waals surface area contributed by atoms with Gasteiger partial charge >= 0.3 is 7.82 Å². The normalized spacial score (nSPS) is 15.2. The molecule has 0 spiro atoms. The molecule has 0 rings (SSSR count). The molecule has 3 unspecified atom stereocenters. The van der Waals surface area contributed by atoms with E-state index in [9.17, 15) is 19.4 Å². The highest BCUT2D eigenvalue weighted by molar-refractivity contribution is 7.47. The average molecular weight is 870 g/mol. The minimum Gasteiger partial charge on any atom is -0.387 e. The number of aliphatic hydroxyl groups excluding tert-OH is 1. The molecule has 0 saturated heterocycles. The zero-order valence-corrected chi connectivity index (χ0v) is 40.2. The Balaban J connectivity index is 3.93. The molecular weight excluding hydrogens is 780 g/mol. The highest BCUT2D eigenvalue weighted by Gasteiger charge is 2.27. The third kappa shape index (κ3) is 45.0. The summed E-state index contributed by atoms with van der Waals surface area (Å²) in [5, 5.41) is 13.5. The Kier molecular flexibility index (Phi) is 40.5. The van der Waals surface area contributed by atoms with Crippen molar-refractivity contribution in [3.8, 4) is 0 Å². The molecule has 1 amide bonds. The van der Waals surface area contributed by atoms with Gasteiger partial charge in [0.05, 0.1) is 39.9 Å². The molecule has 3 atom stereocenters. The first kappa shape index (κ1) is 58.2. The third-order valence-corrected chi connectivity index (χ3v) is 10.7. The van der Waals surface area contributed by atoms with Gasteiger partial charge in [-0.25, -0.2) is 4.57 Å². The van der Waals surface area contributed by atoms with E-state index in [4.69, 9.17) is 9.05 Å². The third-order valence-electron chi connectivity index (χ3n) is 9.75. The van der Waals surface area contributed by atoms with Crippen LogP contribution in [0.1, 0.15) is 162 Å². The standard InChI is InChI=1S/C52H89N2O6P/c1-6-8-10-12-13-14-15-16-17-18-19-20-21-22-23-24-25-26-27-28-29-30-31-32-33-34-35-36-37-38-39-40-41-42-44-46-52(56)53-50(51(55)45-43-11-9-7-2)49-60-61(57,58)59-48-47-54(3,4)5/h8,10,13-14,16-17,19-20,22-23,25-26,28-29,31-32,43,45,50-51,55H,6-7,9,11-12,15,18,21,24,27,30,33-42,44,46-49H2,1-5H3,(H-,53,56,57,58)/p+1/b10-8-,14-13-,17-16-,20-19-,23-22-,26-25-,29-28-,32-31-,45-43+. The number of amides is 1. The number of quaternary nitrogens is 1. The number of carbonyl (C=O) groups excluding carboxylic acids is 1. The molecule has 0 saturated carbocycles. The lowest BCUT2D eigenvalue weighted by atomic mass is 10.0. The van der Waals surface area contributed by atoms with Gasteiger partial charge in [0.15, 0.2) is 0 Å². The number of hydrogen-bond acceptors (Lipinski definition) is 5. The van der Waals surface area contributed by atoms with Gasteiger partial charge in [-0.3, -0.25) is 13.8 Å². The van der Waals surface area contributed by atoms with E-state index in [-0.39, 0.29) is 19.1 Å². The van der Waals surface area contributed by atoms with Gasteiger partial charge in [0.25, 0.3) is 0 Å². The lowest BCUT2D eigenvalue weighted by Crippen LogP contribution is -2.45. The van der Waals surface area contributed by atoms with E-state index in [2.05, 4.69) is 116 Å². The topological polar surface area (TPSA) is 105 Å². The van der Waals surface area contributed by atoms with Crippen LogP contribution in [0.25, 0.3) is 0 Å². The fourth-order valence-corrected chi connectivity index (χ4v) is 6.72. The summed E-state index contributed by atoms with van der Waals surface area (Å²) in [6.45, 7) is 4.51. The zero-order valence-electron chi connectivity index (χ0n) is 39.4. The lowest BCUT2D eigenvalue weighted by Gasteiger charge is -2.25. The SMILES string of the molecule is CC/C=C\C/C=C\C/C=C\C/C=C\C/C=C\C/C=C\C/C=C\C/C=C\CCCCCCCCCCCCC(=O)NC(COP(=O)(O)OCC[N+](C)(C)C)C(O)/C=C/CCCC. The van der Waals surface area contributed by atoms with Gasteiger partial charge in [-0.2, -0.15) is 0 Å². The van der Waals surface area contributed by atoms with Gasteiger partial charge in [-0.05, 0) is 77.0 Å². The Hall–Kier alpha value is -2.84. The van der Waals surface area contributed by atoms with E-state index in [1.54, 1.807) is 6.08 Å². The summed E-state index contributed by atoms with van der Waals surface area (Å²) in [5.74, 6) is -0.198. The van der Waals surface area contributed by atoms with Crippen molar-refractivity contribution in [1.82, 2.24) is 5.32 Å². The Bertz CT molecular complexity index is 1350. The fourth-order valence-electron chi connectivity index (χ4n) is 5.98. The number of phosphoric ester groups is 1. The molecule has 0 aromatic rings. The van der Waals surface area contributed by atoms with Crippen LogP contribution < -0.4 is 5.32 Å². The van der Waals surface area contributed by atoms with Crippen LogP contribution in [0.4, 0.5) is 0 Å². The van der Waals surface area contributed by atoms with Crippen molar-refractivity contribution in [2.45, 2.75) is 174 Å². The number of aliphatic hydroxyl groups is 1. The summed E-state index contributed by atoms with van der Waals surface area (Å²) in [6.07, 6.45) is 62.4. The van der Waals surface area contributed by atoms with Gasteiger partial charge in [0.2, 0.25) is 5.91 Å². The second-order valence-corrected chi connectivity index (χ2v) is 18.2. The maximum atomic E-state index is 12.7. The van der Waals surface area contributed by atoms with E-state index in [1.807, 2.05) is 27.2 Å². The first-order valence-corrected chi connectivity index (χ1v) is 25.3. The number of rotatable bonds is 41. The van der Waals surface area contributed by atoms with Crippen LogP contribution in [-0.4, -0.2) is 73.4 Å². The molecule has 0 aliphatic rings. The quantitative estimate of drug-likeness (QED) is 0.0245. The minimum absolute atomic E-state index is 0.0540. The van der Waals surface area contributed by atoms with Gasteiger partial charge in [0.1, 0.15) is 13.2 Å². The van der Waals surface area contributed by atoms with Crippen molar-refractivity contribution in [1.29, 1.82) is 0 Å². The Morgan fingerprint density at radius 1 is 0.574 bits per heavy atom. The van der Waals surface area contributed by atoms with E-state index >= 15 is 0 Å². The maximum Gasteiger partial charge on any atom is 0.472 e. The summed E-state index contributed by atoms with van der Waals surface area (Å²) >= 11 is 0. The Morgan fingerprint density at radius 2 is 0.984 bits per heavy atom. The minimum atomic E-state index is -4.33. The molecule has 3 N–H and O–H groups in total. The van der Waals surface area contributed by atoms with Crippen molar-refractivity contribution < 1.29 is 32.9 Å². The summed E-state index contributed by atoms with van der Waals surface area (Å²) < 4.78 is 23.3. The van der Waals surface area contributed by atoms with Gasteiger partial charge < -0.3 is 19.8 Å². The molecule has 0 aliphatic carbocycles. The molecule has 0 radical (unpaired) electrons. The maximum absolute atomic E-state index is 12.7. The van der Waals surface area contributed by atoms with E-state index in [0.717, 1.165) is 96.3 Å². The summed E-state index contributed by atoms with van der Waals surface area (Å²) in [6, 6.07) is -0.851.